The zero-order valence-corrected chi connectivity index (χ0v) is 14.9. The number of rotatable bonds is 8. The maximum atomic E-state index is 10.2. The van der Waals surface area contributed by atoms with Gasteiger partial charge in [0.15, 0.2) is 5.82 Å². The van der Waals surface area contributed by atoms with Crippen molar-refractivity contribution in [2.24, 2.45) is 11.3 Å². The Hall–Kier alpha value is -2.48. The smallest absolute Gasteiger partial charge is 0.152 e. The van der Waals surface area contributed by atoms with Gasteiger partial charge < -0.3 is 15.5 Å². The van der Waals surface area contributed by atoms with Gasteiger partial charge in [-0.3, -0.25) is 0 Å². The maximum absolute atomic E-state index is 10.2. The molecule has 0 saturated heterocycles. The zero-order valence-electron chi connectivity index (χ0n) is 14.9. The van der Waals surface area contributed by atoms with E-state index in [-0.39, 0.29) is 29.6 Å². The molecule has 0 aliphatic rings. The number of aromatic amines is 1. The Morgan fingerprint density at radius 1 is 1.36 bits per heavy atom. The quantitative estimate of drug-likeness (QED) is 0.540. The number of aliphatic hydroxyl groups excluding tert-OH is 2. The molecule has 2 aromatic heterocycles. The Labute approximate surface area is 147 Å². The number of allylic oxidation sites excluding steroid dienone is 1. The lowest BCUT2D eigenvalue weighted by molar-refractivity contribution is 0.167. The summed E-state index contributed by atoms with van der Waals surface area (Å²) in [5.41, 5.74) is 0.769. The van der Waals surface area contributed by atoms with Crippen molar-refractivity contribution >= 4 is 5.82 Å². The number of hydrogen-bond donors (Lipinski definition) is 4. The number of pyridine rings is 1. The molecule has 8 nitrogen and oxygen atoms in total. The molecule has 2 rings (SSSR count). The van der Waals surface area contributed by atoms with Crippen LogP contribution in [0.15, 0.2) is 30.7 Å². The van der Waals surface area contributed by atoms with Gasteiger partial charge in [0.25, 0.3) is 0 Å². The van der Waals surface area contributed by atoms with E-state index in [1.165, 1.54) is 0 Å². The third-order valence-corrected chi connectivity index (χ3v) is 4.11. The maximum Gasteiger partial charge on any atom is 0.152 e. The van der Waals surface area contributed by atoms with Crippen molar-refractivity contribution in [2.75, 3.05) is 18.5 Å². The van der Waals surface area contributed by atoms with Crippen LogP contribution >= 0.6 is 0 Å². The van der Waals surface area contributed by atoms with Crippen LogP contribution in [0, 0.1) is 11.3 Å². The Kier molecular flexibility index (Phi) is 6.08. The Balaban J connectivity index is 2.26. The normalized spacial score (nSPS) is 14.1. The number of tetrazole rings is 1. The average molecular weight is 346 g/mol. The van der Waals surface area contributed by atoms with Crippen LogP contribution in [0.4, 0.5) is 5.82 Å². The highest BCUT2D eigenvalue weighted by Crippen LogP contribution is 2.41. The molecule has 2 heterocycles. The van der Waals surface area contributed by atoms with Crippen molar-refractivity contribution in [1.82, 2.24) is 25.6 Å². The molecule has 0 aliphatic heterocycles. The molecule has 8 heteroatoms. The first-order valence-electron chi connectivity index (χ1n) is 8.24. The molecule has 2 atom stereocenters. The first kappa shape index (κ1) is 18.9. The van der Waals surface area contributed by atoms with Crippen molar-refractivity contribution in [2.45, 2.75) is 33.1 Å². The van der Waals surface area contributed by atoms with Gasteiger partial charge in [0, 0.05) is 24.6 Å². The molecule has 25 heavy (non-hydrogen) atoms. The summed E-state index contributed by atoms with van der Waals surface area (Å²) in [5, 5.41) is 36.3. The number of aliphatic hydroxyl groups is 2. The van der Waals surface area contributed by atoms with E-state index < -0.39 is 0 Å². The molecular weight excluding hydrogens is 320 g/mol. The molecule has 0 spiro atoms. The van der Waals surface area contributed by atoms with E-state index in [9.17, 15) is 5.11 Å². The Morgan fingerprint density at radius 3 is 2.60 bits per heavy atom. The predicted molar refractivity (Wildman–Crippen MR) is 95.1 cm³/mol. The minimum atomic E-state index is -0.227. The molecule has 0 aromatic carbocycles. The van der Waals surface area contributed by atoms with E-state index in [1.807, 2.05) is 12.1 Å². The van der Waals surface area contributed by atoms with Crippen LogP contribution in [0.1, 0.15) is 38.1 Å². The molecule has 0 amide bonds. The highest BCUT2D eigenvalue weighted by molar-refractivity contribution is 5.35. The summed E-state index contributed by atoms with van der Waals surface area (Å²) >= 11 is 0. The van der Waals surface area contributed by atoms with Gasteiger partial charge in [0.1, 0.15) is 5.82 Å². The molecule has 0 bridgehead atoms. The standard InChI is InChI=1S/C17H26N6O2/c1-11(25)15(17(2,3)4)13(16-20-22-23-21-16)9-12-5-6-14(19-10-12)18-7-8-24/h5-6,10,13,15,24-25H,1,7-9H2,2-4H3,(H,18,19)(H,20,21,22,23)/t13-,15+/m0/s1. The monoisotopic (exact) mass is 346 g/mol. The van der Waals surface area contributed by atoms with Crippen molar-refractivity contribution in [1.29, 1.82) is 0 Å². The van der Waals surface area contributed by atoms with E-state index in [0.29, 0.717) is 24.6 Å². The SMILES string of the molecule is C=C(O)[C@H]([C@H](Cc1ccc(NCCO)nc1)c1nnn[nH]1)C(C)(C)C. The van der Waals surface area contributed by atoms with Gasteiger partial charge in [-0.1, -0.05) is 33.4 Å². The third-order valence-electron chi connectivity index (χ3n) is 4.11. The van der Waals surface area contributed by atoms with Crippen molar-refractivity contribution < 1.29 is 10.2 Å². The Bertz CT molecular complexity index is 663. The summed E-state index contributed by atoms with van der Waals surface area (Å²) in [5.74, 6) is 1.04. The van der Waals surface area contributed by atoms with Crippen LogP contribution in [-0.2, 0) is 6.42 Å². The molecule has 136 valence electrons. The summed E-state index contributed by atoms with van der Waals surface area (Å²) in [6.07, 6.45) is 2.38. The van der Waals surface area contributed by atoms with Crippen LogP contribution in [0.3, 0.4) is 0 Å². The molecular formula is C17H26N6O2. The molecule has 0 aliphatic carbocycles. The second kappa shape index (κ2) is 8.06. The lowest BCUT2D eigenvalue weighted by Gasteiger charge is -2.35. The third kappa shape index (κ3) is 4.99. The van der Waals surface area contributed by atoms with Crippen molar-refractivity contribution in [3.8, 4) is 0 Å². The van der Waals surface area contributed by atoms with E-state index in [2.05, 4.69) is 58.3 Å². The van der Waals surface area contributed by atoms with E-state index in [4.69, 9.17) is 5.11 Å². The number of aromatic nitrogens is 5. The number of H-pyrrole nitrogens is 1. The predicted octanol–water partition coefficient (Wildman–Crippen LogP) is 2.06. The fraction of sp³-hybridized carbons (Fsp3) is 0.529. The summed E-state index contributed by atoms with van der Waals surface area (Å²) in [6, 6.07) is 3.82. The van der Waals surface area contributed by atoms with Crippen LogP contribution in [0.5, 0.6) is 0 Å². The highest BCUT2D eigenvalue weighted by Gasteiger charge is 2.37. The van der Waals surface area contributed by atoms with Gasteiger partial charge in [0.2, 0.25) is 0 Å². The van der Waals surface area contributed by atoms with Crippen LogP contribution in [-0.4, -0.2) is 49.0 Å². The molecule has 0 fully saturated rings. The topological polar surface area (TPSA) is 120 Å². The number of nitrogens with zero attached hydrogens (tertiary/aromatic N) is 4. The van der Waals surface area contributed by atoms with E-state index in [0.717, 1.165) is 5.56 Å². The number of nitrogens with one attached hydrogen (secondary N) is 2. The summed E-state index contributed by atoms with van der Waals surface area (Å²) in [7, 11) is 0. The molecule has 4 N–H and O–H groups in total. The summed E-state index contributed by atoms with van der Waals surface area (Å²) in [6.45, 7) is 10.4. The molecule has 0 unspecified atom stereocenters. The van der Waals surface area contributed by atoms with Gasteiger partial charge >= 0.3 is 0 Å². The summed E-state index contributed by atoms with van der Waals surface area (Å²) < 4.78 is 0. The number of anilines is 1. The van der Waals surface area contributed by atoms with Crippen LogP contribution in [0.2, 0.25) is 0 Å². The minimum absolute atomic E-state index is 0.0515. The van der Waals surface area contributed by atoms with Gasteiger partial charge in [-0.05, 0) is 33.9 Å². The van der Waals surface area contributed by atoms with Crippen LogP contribution in [0.25, 0.3) is 0 Å². The fourth-order valence-electron chi connectivity index (χ4n) is 3.12. The second-order valence-corrected chi connectivity index (χ2v) is 7.13. The first-order chi connectivity index (χ1) is 11.8. The van der Waals surface area contributed by atoms with Gasteiger partial charge in [-0.2, -0.15) is 0 Å². The average Bonchev–Trinajstić information content (AvgIpc) is 3.06. The van der Waals surface area contributed by atoms with Gasteiger partial charge in [-0.15, -0.1) is 5.10 Å². The number of hydrogen-bond acceptors (Lipinski definition) is 7. The second-order valence-electron chi connectivity index (χ2n) is 7.13. The highest BCUT2D eigenvalue weighted by atomic mass is 16.3. The lowest BCUT2D eigenvalue weighted by atomic mass is 9.70. The fourth-order valence-corrected chi connectivity index (χ4v) is 3.12. The van der Waals surface area contributed by atoms with E-state index >= 15 is 0 Å². The molecule has 0 saturated carbocycles. The van der Waals surface area contributed by atoms with Crippen molar-refractivity contribution in [3.05, 3.63) is 42.1 Å². The van der Waals surface area contributed by atoms with Gasteiger partial charge in [-0.25, -0.2) is 10.1 Å². The van der Waals surface area contributed by atoms with Crippen LogP contribution < -0.4 is 5.32 Å². The summed E-state index contributed by atoms with van der Waals surface area (Å²) in [4.78, 5) is 4.35. The zero-order chi connectivity index (χ0) is 18.4. The molecule has 0 radical (unpaired) electrons. The lowest BCUT2D eigenvalue weighted by Crippen LogP contribution is -2.30. The molecule has 2 aromatic rings. The van der Waals surface area contributed by atoms with Crippen molar-refractivity contribution in [3.63, 3.8) is 0 Å². The Morgan fingerprint density at radius 2 is 2.12 bits per heavy atom. The first-order valence-corrected chi connectivity index (χ1v) is 8.24. The largest absolute Gasteiger partial charge is 0.513 e. The minimum Gasteiger partial charge on any atom is -0.513 e. The van der Waals surface area contributed by atoms with E-state index in [1.54, 1.807) is 6.20 Å². The van der Waals surface area contributed by atoms with Gasteiger partial charge in [0.05, 0.1) is 12.4 Å².